The first kappa shape index (κ1) is 17.6. The summed E-state index contributed by atoms with van der Waals surface area (Å²) in [4.78, 5) is 6.76. The molecule has 0 aliphatic carbocycles. The molecule has 0 aromatic carbocycles. The van der Waals surface area contributed by atoms with Gasteiger partial charge in [-0.25, -0.2) is 4.99 Å². The van der Waals surface area contributed by atoms with Gasteiger partial charge in [-0.1, -0.05) is 13.8 Å². The summed E-state index contributed by atoms with van der Waals surface area (Å²) < 4.78 is 5.70. The van der Waals surface area contributed by atoms with Crippen LogP contribution in [-0.4, -0.2) is 42.2 Å². The van der Waals surface area contributed by atoms with Gasteiger partial charge in [-0.15, -0.1) is 0 Å². The molecule has 0 amide bonds. The highest BCUT2D eigenvalue weighted by molar-refractivity contribution is 5.97. The van der Waals surface area contributed by atoms with E-state index in [0.29, 0.717) is 11.7 Å². The number of nitrogens with one attached hydrogen (secondary N) is 3. The number of dihydropyridines is 2. The van der Waals surface area contributed by atoms with Crippen LogP contribution in [0.15, 0.2) is 64.0 Å². The molecule has 0 aromatic heterocycles. The molecule has 7 nitrogen and oxygen atoms in total. The van der Waals surface area contributed by atoms with Crippen LogP contribution in [0.2, 0.25) is 0 Å². The fraction of sp³-hybridized carbons (Fsp3) is 0.400. The number of amidine groups is 1. The van der Waals surface area contributed by atoms with Gasteiger partial charge in [0.15, 0.2) is 0 Å². The van der Waals surface area contributed by atoms with Crippen LogP contribution < -0.4 is 16.4 Å². The van der Waals surface area contributed by atoms with Crippen molar-refractivity contribution in [2.24, 2.45) is 16.6 Å². The molecule has 2 saturated heterocycles. The average molecular weight is 366 g/mol. The summed E-state index contributed by atoms with van der Waals surface area (Å²) in [5, 5.41) is 14.1. The van der Waals surface area contributed by atoms with E-state index in [1.165, 1.54) is 6.21 Å². The Morgan fingerprint density at radius 3 is 2.78 bits per heavy atom. The van der Waals surface area contributed by atoms with E-state index >= 15 is 0 Å². The summed E-state index contributed by atoms with van der Waals surface area (Å²) in [5.74, 6) is 1.29. The van der Waals surface area contributed by atoms with Gasteiger partial charge in [0.05, 0.1) is 23.7 Å². The topological polar surface area (TPSA) is 98.8 Å². The predicted molar refractivity (Wildman–Crippen MR) is 107 cm³/mol. The molecule has 0 aromatic rings. The van der Waals surface area contributed by atoms with Crippen molar-refractivity contribution >= 4 is 12.1 Å². The molecular weight excluding hydrogens is 340 g/mol. The Balaban J connectivity index is 1.45. The molecule has 2 fully saturated rings. The van der Waals surface area contributed by atoms with Crippen molar-refractivity contribution in [1.82, 2.24) is 15.5 Å². The van der Waals surface area contributed by atoms with Crippen molar-refractivity contribution in [1.29, 1.82) is 5.41 Å². The molecule has 4 aliphatic heterocycles. The van der Waals surface area contributed by atoms with Crippen LogP contribution in [0.25, 0.3) is 0 Å². The van der Waals surface area contributed by atoms with Gasteiger partial charge in [0.25, 0.3) is 0 Å². The van der Waals surface area contributed by atoms with Crippen LogP contribution in [0, 0.1) is 11.3 Å². The molecule has 142 valence electrons. The Bertz CT molecular complexity index is 831. The molecule has 5 N–H and O–H groups in total. The van der Waals surface area contributed by atoms with Crippen LogP contribution >= 0.6 is 0 Å². The smallest absolute Gasteiger partial charge is 0.132 e. The molecule has 7 heteroatoms. The zero-order chi connectivity index (χ0) is 19.0. The van der Waals surface area contributed by atoms with Crippen molar-refractivity contribution in [3.8, 4) is 0 Å². The van der Waals surface area contributed by atoms with Crippen molar-refractivity contribution in [3.63, 3.8) is 0 Å². The lowest BCUT2D eigenvalue weighted by Crippen LogP contribution is -2.67. The van der Waals surface area contributed by atoms with Crippen LogP contribution in [0.3, 0.4) is 0 Å². The number of fused-ring (bicyclic) bond motifs is 1. The van der Waals surface area contributed by atoms with E-state index in [1.807, 2.05) is 32.2 Å². The monoisotopic (exact) mass is 366 g/mol. The van der Waals surface area contributed by atoms with Gasteiger partial charge in [-0.2, -0.15) is 0 Å². The standard InChI is InChI=1S/C20H26N6O/c1-13(2)14(9-21)7-18(22)25-19-4-3-16-17(24-19)8-15(10-23-16)26-11-20(12-26)5-6-27-20/h3-4,7-10,13,21,23-24H,5-6,11-12H2,1-2H3,(H2,22,25). The summed E-state index contributed by atoms with van der Waals surface area (Å²) in [7, 11) is 0. The fourth-order valence-corrected chi connectivity index (χ4v) is 3.52. The Labute approximate surface area is 159 Å². The Kier molecular flexibility index (Phi) is 4.39. The second-order valence-electron chi connectivity index (χ2n) is 7.65. The van der Waals surface area contributed by atoms with Crippen LogP contribution in [-0.2, 0) is 4.74 Å². The number of hydrogen-bond donors (Lipinski definition) is 4. The van der Waals surface area contributed by atoms with Gasteiger partial charge in [-0.3, -0.25) is 0 Å². The fourth-order valence-electron chi connectivity index (χ4n) is 3.52. The summed E-state index contributed by atoms with van der Waals surface area (Å²) in [6.07, 6.45) is 12.3. The third-order valence-corrected chi connectivity index (χ3v) is 5.32. The molecule has 27 heavy (non-hydrogen) atoms. The van der Waals surface area contributed by atoms with Gasteiger partial charge in [-0.05, 0) is 35.8 Å². The molecule has 0 saturated carbocycles. The van der Waals surface area contributed by atoms with E-state index in [0.717, 1.165) is 48.8 Å². The van der Waals surface area contributed by atoms with E-state index in [4.69, 9.17) is 15.9 Å². The quantitative estimate of drug-likeness (QED) is 0.439. The van der Waals surface area contributed by atoms with E-state index < -0.39 is 0 Å². The number of likely N-dealkylation sites (tertiary alicyclic amines) is 1. The summed E-state index contributed by atoms with van der Waals surface area (Å²) in [6, 6.07) is 0. The minimum Gasteiger partial charge on any atom is -0.384 e. The van der Waals surface area contributed by atoms with Gasteiger partial charge >= 0.3 is 0 Å². The van der Waals surface area contributed by atoms with E-state index in [2.05, 4.69) is 26.6 Å². The minimum atomic E-state index is 0.106. The van der Waals surface area contributed by atoms with E-state index in [9.17, 15) is 0 Å². The molecule has 4 rings (SSSR count). The molecule has 0 unspecified atom stereocenters. The van der Waals surface area contributed by atoms with Crippen molar-refractivity contribution in [2.45, 2.75) is 25.9 Å². The number of allylic oxidation sites excluding steroid dienone is 4. The lowest BCUT2D eigenvalue weighted by Gasteiger charge is -2.56. The Hall–Kier alpha value is -2.80. The van der Waals surface area contributed by atoms with Crippen LogP contribution in [0.1, 0.15) is 20.3 Å². The first-order chi connectivity index (χ1) is 13.0. The zero-order valence-corrected chi connectivity index (χ0v) is 15.7. The van der Waals surface area contributed by atoms with E-state index in [1.54, 1.807) is 6.08 Å². The summed E-state index contributed by atoms with van der Waals surface area (Å²) in [5.41, 5.74) is 10.1. The third kappa shape index (κ3) is 3.42. The number of rotatable bonds is 5. The van der Waals surface area contributed by atoms with E-state index in [-0.39, 0.29) is 11.5 Å². The van der Waals surface area contributed by atoms with Crippen LogP contribution in [0.5, 0.6) is 0 Å². The van der Waals surface area contributed by atoms with Gasteiger partial charge in [0.2, 0.25) is 0 Å². The number of nitrogens with zero attached hydrogens (tertiary/aromatic N) is 2. The largest absolute Gasteiger partial charge is 0.384 e. The molecule has 4 heterocycles. The number of aliphatic imine (C=N–C) groups is 1. The molecular formula is C20H26N6O. The lowest BCUT2D eigenvalue weighted by molar-refractivity contribution is -0.212. The highest BCUT2D eigenvalue weighted by Crippen LogP contribution is 2.38. The molecule has 0 bridgehead atoms. The maximum Gasteiger partial charge on any atom is 0.132 e. The lowest BCUT2D eigenvalue weighted by atomic mass is 9.85. The van der Waals surface area contributed by atoms with Gasteiger partial charge in [0, 0.05) is 31.9 Å². The van der Waals surface area contributed by atoms with Gasteiger partial charge in [0.1, 0.15) is 17.3 Å². The predicted octanol–water partition coefficient (Wildman–Crippen LogP) is 1.71. The minimum absolute atomic E-state index is 0.106. The number of ether oxygens (including phenoxy) is 1. The maximum absolute atomic E-state index is 7.48. The maximum atomic E-state index is 7.48. The Morgan fingerprint density at radius 1 is 1.37 bits per heavy atom. The zero-order valence-electron chi connectivity index (χ0n) is 15.7. The van der Waals surface area contributed by atoms with Crippen molar-refractivity contribution in [3.05, 3.63) is 59.0 Å². The highest BCUT2D eigenvalue weighted by Gasteiger charge is 2.49. The SMILES string of the molecule is CC(C)C(C=N)=CC(N)=NC1=CC=C2NC=C(N3CC4(CCO4)C3)C=C2N1. The molecule has 1 spiro atoms. The first-order valence-corrected chi connectivity index (χ1v) is 9.31. The molecule has 0 atom stereocenters. The van der Waals surface area contributed by atoms with Crippen molar-refractivity contribution in [2.75, 3.05) is 19.7 Å². The second-order valence-corrected chi connectivity index (χ2v) is 7.65. The highest BCUT2D eigenvalue weighted by atomic mass is 16.5. The van der Waals surface area contributed by atoms with Gasteiger partial charge < -0.3 is 31.4 Å². The summed E-state index contributed by atoms with van der Waals surface area (Å²) in [6.45, 7) is 6.84. The number of hydrogen-bond acceptors (Lipinski definition) is 6. The normalized spacial score (nSPS) is 23.7. The third-order valence-electron chi connectivity index (χ3n) is 5.32. The van der Waals surface area contributed by atoms with Crippen LogP contribution in [0.4, 0.5) is 0 Å². The molecule has 0 radical (unpaired) electrons. The average Bonchev–Trinajstić information content (AvgIpc) is 2.56. The second kappa shape index (κ2) is 6.74. The Morgan fingerprint density at radius 2 is 2.15 bits per heavy atom. The molecule has 4 aliphatic rings. The summed E-state index contributed by atoms with van der Waals surface area (Å²) >= 11 is 0. The van der Waals surface area contributed by atoms with Crippen molar-refractivity contribution < 1.29 is 4.74 Å². The number of nitrogens with two attached hydrogens (primary N) is 1. The first-order valence-electron chi connectivity index (χ1n) is 9.31.